The molecular weight excluding hydrogens is 248 g/mol. The Morgan fingerprint density at radius 2 is 1.83 bits per heavy atom. The van der Waals surface area contributed by atoms with E-state index in [2.05, 4.69) is 36.8 Å². The zero-order valence-electron chi connectivity index (χ0n) is 10.6. The van der Waals surface area contributed by atoms with Gasteiger partial charge >= 0.3 is 0 Å². The van der Waals surface area contributed by atoms with Crippen molar-refractivity contribution >= 4 is 11.6 Å². The van der Waals surface area contributed by atoms with E-state index in [-0.39, 0.29) is 10.6 Å². The SMILES string of the molecule is CC(C)(C)c1cccc(Oc2nccnc2Cl)c1. The van der Waals surface area contributed by atoms with Gasteiger partial charge in [-0.2, -0.15) is 0 Å². The molecule has 0 saturated heterocycles. The number of hydrogen-bond acceptors (Lipinski definition) is 3. The molecule has 1 aromatic carbocycles. The Morgan fingerprint density at radius 3 is 2.50 bits per heavy atom. The van der Waals surface area contributed by atoms with E-state index in [0.29, 0.717) is 11.6 Å². The molecule has 3 nitrogen and oxygen atoms in total. The number of hydrogen-bond donors (Lipinski definition) is 0. The first-order valence-electron chi connectivity index (χ1n) is 5.72. The third-order valence-electron chi connectivity index (χ3n) is 2.54. The van der Waals surface area contributed by atoms with Gasteiger partial charge in [0.15, 0.2) is 5.15 Å². The van der Waals surface area contributed by atoms with Crippen LogP contribution in [0.1, 0.15) is 26.3 Å². The van der Waals surface area contributed by atoms with Crippen LogP contribution in [0.5, 0.6) is 11.6 Å². The number of nitrogens with zero attached hydrogens (tertiary/aromatic N) is 2. The molecule has 0 amide bonds. The summed E-state index contributed by atoms with van der Waals surface area (Å²) in [6.07, 6.45) is 3.08. The van der Waals surface area contributed by atoms with Gasteiger partial charge in [0.2, 0.25) is 0 Å². The molecular formula is C14H15ClN2O. The Bertz CT molecular complexity index is 549. The maximum Gasteiger partial charge on any atom is 0.257 e. The Labute approximate surface area is 112 Å². The van der Waals surface area contributed by atoms with Crippen molar-refractivity contribution in [2.45, 2.75) is 26.2 Å². The van der Waals surface area contributed by atoms with Gasteiger partial charge in [0.05, 0.1) is 0 Å². The summed E-state index contributed by atoms with van der Waals surface area (Å²) in [6, 6.07) is 7.90. The van der Waals surface area contributed by atoms with Crippen molar-refractivity contribution in [3.05, 3.63) is 47.4 Å². The highest BCUT2D eigenvalue weighted by Gasteiger charge is 2.14. The van der Waals surface area contributed by atoms with Crippen LogP contribution in [0.15, 0.2) is 36.7 Å². The second-order valence-corrected chi connectivity index (χ2v) is 5.39. The van der Waals surface area contributed by atoms with Crippen molar-refractivity contribution in [2.75, 3.05) is 0 Å². The number of aromatic nitrogens is 2. The summed E-state index contributed by atoms with van der Waals surface area (Å²) in [7, 11) is 0. The van der Waals surface area contributed by atoms with Gasteiger partial charge in [-0.15, -0.1) is 0 Å². The van der Waals surface area contributed by atoms with E-state index in [0.717, 1.165) is 0 Å². The molecule has 2 rings (SSSR count). The summed E-state index contributed by atoms with van der Waals surface area (Å²) in [5, 5.41) is 0.263. The summed E-state index contributed by atoms with van der Waals surface area (Å²) < 4.78 is 5.64. The summed E-state index contributed by atoms with van der Waals surface area (Å²) in [5.41, 5.74) is 1.27. The molecule has 18 heavy (non-hydrogen) atoms. The van der Waals surface area contributed by atoms with Crippen molar-refractivity contribution in [3.8, 4) is 11.6 Å². The lowest BCUT2D eigenvalue weighted by atomic mass is 9.87. The van der Waals surface area contributed by atoms with Crippen molar-refractivity contribution in [2.24, 2.45) is 0 Å². The second-order valence-electron chi connectivity index (χ2n) is 5.03. The van der Waals surface area contributed by atoms with Gasteiger partial charge < -0.3 is 4.74 Å². The van der Waals surface area contributed by atoms with E-state index in [1.165, 1.54) is 11.8 Å². The largest absolute Gasteiger partial charge is 0.436 e. The summed E-state index contributed by atoms with van der Waals surface area (Å²) in [4.78, 5) is 7.97. The van der Waals surface area contributed by atoms with Crippen LogP contribution >= 0.6 is 11.6 Å². The average molecular weight is 263 g/mol. The fourth-order valence-electron chi connectivity index (χ4n) is 1.51. The monoisotopic (exact) mass is 262 g/mol. The van der Waals surface area contributed by atoms with Gasteiger partial charge in [-0.3, -0.25) is 0 Å². The Balaban J connectivity index is 2.28. The van der Waals surface area contributed by atoms with Gasteiger partial charge in [0, 0.05) is 12.4 Å². The predicted octanol–water partition coefficient (Wildman–Crippen LogP) is 4.22. The molecule has 0 unspecified atom stereocenters. The maximum atomic E-state index is 5.91. The zero-order valence-corrected chi connectivity index (χ0v) is 11.4. The molecule has 1 heterocycles. The molecule has 0 radical (unpaired) electrons. The topological polar surface area (TPSA) is 35.0 Å². The highest BCUT2D eigenvalue weighted by molar-refractivity contribution is 6.30. The van der Waals surface area contributed by atoms with Crippen LogP contribution in [-0.2, 0) is 5.41 Å². The van der Waals surface area contributed by atoms with Gasteiger partial charge in [-0.05, 0) is 23.1 Å². The number of benzene rings is 1. The summed E-state index contributed by atoms with van der Waals surface area (Å²) >= 11 is 5.91. The fraction of sp³-hybridized carbons (Fsp3) is 0.286. The van der Waals surface area contributed by atoms with E-state index in [9.17, 15) is 0 Å². The molecule has 0 aliphatic rings. The van der Waals surface area contributed by atoms with Crippen molar-refractivity contribution in [3.63, 3.8) is 0 Å². The first-order chi connectivity index (χ1) is 8.47. The fourth-order valence-corrected chi connectivity index (χ4v) is 1.66. The third kappa shape index (κ3) is 2.99. The smallest absolute Gasteiger partial charge is 0.257 e. The highest BCUT2D eigenvalue weighted by atomic mass is 35.5. The van der Waals surface area contributed by atoms with Crippen LogP contribution in [0.2, 0.25) is 5.15 Å². The van der Waals surface area contributed by atoms with Crippen molar-refractivity contribution < 1.29 is 4.74 Å². The van der Waals surface area contributed by atoms with E-state index in [4.69, 9.17) is 16.3 Å². The van der Waals surface area contributed by atoms with Gasteiger partial charge in [0.25, 0.3) is 5.88 Å². The van der Waals surface area contributed by atoms with Gasteiger partial charge in [0.1, 0.15) is 5.75 Å². The molecule has 0 bridgehead atoms. The van der Waals surface area contributed by atoms with Crippen LogP contribution in [0.25, 0.3) is 0 Å². The lowest BCUT2D eigenvalue weighted by molar-refractivity contribution is 0.457. The molecule has 4 heteroatoms. The van der Waals surface area contributed by atoms with Crippen molar-refractivity contribution in [1.29, 1.82) is 0 Å². The highest BCUT2D eigenvalue weighted by Crippen LogP contribution is 2.29. The molecule has 2 aromatic rings. The molecule has 0 fully saturated rings. The normalized spacial score (nSPS) is 11.3. The lowest BCUT2D eigenvalue weighted by Crippen LogP contribution is -2.10. The van der Waals surface area contributed by atoms with Crippen LogP contribution in [0, 0.1) is 0 Å². The van der Waals surface area contributed by atoms with E-state index in [1.807, 2.05) is 18.2 Å². The zero-order chi connectivity index (χ0) is 13.2. The Morgan fingerprint density at radius 1 is 1.11 bits per heavy atom. The molecule has 0 aliphatic heterocycles. The minimum atomic E-state index is 0.0749. The molecule has 0 saturated carbocycles. The molecule has 0 atom stereocenters. The Kier molecular flexibility index (Phi) is 3.53. The number of rotatable bonds is 2. The Hall–Kier alpha value is -1.61. The van der Waals surface area contributed by atoms with Gasteiger partial charge in [-0.25, -0.2) is 9.97 Å². The summed E-state index contributed by atoms with van der Waals surface area (Å²) in [5.74, 6) is 1.04. The third-order valence-corrected chi connectivity index (χ3v) is 2.80. The van der Waals surface area contributed by atoms with Crippen molar-refractivity contribution in [1.82, 2.24) is 9.97 Å². The lowest BCUT2D eigenvalue weighted by Gasteiger charge is -2.19. The quantitative estimate of drug-likeness (QED) is 0.813. The number of ether oxygens (including phenoxy) is 1. The second kappa shape index (κ2) is 4.94. The van der Waals surface area contributed by atoms with E-state index < -0.39 is 0 Å². The average Bonchev–Trinajstić information content (AvgIpc) is 2.31. The standard InChI is InChI=1S/C14H15ClN2O/c1-14(2,3)10-5-4-6-11(9-10)18-13-12(15)16-7-8-17-13/h4-9H,1-3H3. The minimum Gasteiger partial charge on any atom is -0.436 e. The predicted molar refractivity (Wildman–Crippen MR) is 72.3 cm³/mol. The van der Waals surface area contributed by atoms with E-state index in [1.54, 1.807) is 6.20 Å². The van der Waals surface area contributed by atoms with E-state index >= 15 is 0 Å². The molecule has 1 aromatic heterocycles. The maximum absolute atomic E-state index is 5.91. The first kappa shape index (κ1) is 12.8. The van der Waals surface area contributed by atoms with Crippen LogP contribution in [-0.4, -0.2) is 9.97 Å². The van der Waals surface area contributed by atoms with Crippen LogP contribution in [0.4, 0.5) is 0 Å². The van der Waals surface area contributed by atoms with Crippen LogP contribution < -0.4 is 4.74 Å². The summed E-state index contributed by atoms with van der Waals surface area (Å²) in [6.45, 7) is 6.46. The molecule has 0 N–H and O–H groups in total. The number of halogens is 1. The molecule has 0 aliphatic carbocycles. The molecule has 94 valence electrons. The van der Waals surface area contributed by atoms with Gasteiger partial charge in [-0.1, -0.05) is 44.5 Å². The minimum absolute atomic E-state index is 0.0749. The first-order valence-corrected chi connectivity index (χ1v) is 6.09. The van der Waals surface area contributed by atoms with Crippen LogP contribution in [0.3, 0.4) is 0 Å². The molecule has 0 spiro atoms.